The van der Waals surface area contributed by atoms with Crippen LogP contribution in [-0.2, 0) is 18.5 Å². The van der Waals surface area contributed by atoms with Crippen molar-refractivity contribution in [1.82, 2.24) is 24.9 Å². The maximum Gasteiger partial charge on any atom is 0.417 e. The Morgan fingerprint density at radius 1 is 1.16 bits per heavy atom. The molecule has 0 saturated heterocycles. The van der Waals surface area contributed by atoms with Crippen molar-refractivity contribution in [3.05, 3.63) is 76.2 Å². The Hall–Kier alpha value is -2.92. The van der Waals surface area contributed by atoms with Gasteiger partial charge in [-0.15, -0.1) is 21.5 Å². The molecule has 0 bridgehead atoms. The minimum absolute atomic E-state index is 0.0533. The van der Waals surface area contributed by atoms with Crippen LogP contribution in [0.3, 0.4) is 0 Å². The minimum atomic E-state index is -4.47. The summed E-state index contributed by atoms with van der Waals surface area (Å²) in [5, 5.41) is 12.4. The second-order valence-corrected chi connectivity index (χ2v) is 8.76. The van der Waals surface area contributed by atoms with Crippen LogP contribution in [0.25, 0.3) is 5.65 Å². The number of hydrogen-bond donors (Lipinski definition) is 1. The third-order valence-electron chi connectivity index (χ3n) is 4.38. The average molecular weight is 464 g/mol. The molecule has 0 spiro atoms. The Bertz CT molecular complexity index is 1220. The summed E-state index contributed by atoms with van der Waals surface area (Å²) in [7, 11) is 0. The summed E-state index contributed by atoms with van der Waals surface area (Å²) in [5.41, 5.74) is 1.96. The van der Waals surface area contributed by atoms with Crippen molar-refractivity contribution in [2.75, 3.05) is 0 Å². The lowest BCUT2D eigenvalue weighted by molar-refractivity contribution is -0.137. The number of alkyl halides is 3. The zero-order valence-electron chi connectivity index (χ0n) is 16.2. The van der Waals surface area contributed by atoms with Crippen molar-refractivity contribution in [2.45, 2.75) is 29.7 Å². The fraction of sp³-hybridized carbons (Fsp3) is 0.200. The molecule has 31 heavy (non-hydrogen) atoms. The first kappa shape index (κ1) is 21.3. The molecule has 0 aliphatic heterocycles. The number of rotatable bonds is 6. The summed E-state index contributed by atoms with van der Waals surface area (Å²) >= 11 is 3.23. The first-order valence-corrected chi connectivity index (χ1v) is 11.0. The van der Waals surface area contributed by atoms with Gasteiger partial charge in [-0.25, -0.2) is 4.98 Å². The minimum Gasteiger partial charge on any atom is -0.345 e. The van der Waals surface area contributed by atoms with Gasteiger partial charge in [0.1, 0.15) is 4.34 Å². The van der Waals surface area contributed by atoms with Crippen molar-refractivity contribution >= 4 is 34.7 Å². The molecule has 160 valence electrons. The number of aryl methyl sites for hydroxylation is 1. The second kappa shape index (κ2) is 8.67. The largest absolute Gasteiger partial charge is 0.417 e. The molecule has 4 aromatic rings. The van der Waals surface area contributed by atoms with Crippen LogP contribution in [0.2, 0.25) is 0 Å². The number of nitrogens with zero attached hydrogens (tertiary/aromatic N) is 4. The van der Waals surface area contributed by atoms with Crippen molar-refractivity contribution in [2.24, 2.45) is 0 Å². The van der Waals surface area contributed by atoms with Crippen LogP contribution in [0, 0.1) is 6.92 Å². The Morgan fingerprint density at radius 2 is 1.94 bits per heavy atom. The van der Waals surface area contributed by atoms with Crippen LogP contribution in [0.5, 0.6) is 0 Å². The molecule has 3 heterocycles. The lowest BCUT2D eigenvalue weighted by atomic mass is 10.1. The van der Waals surface area contributed by atoms with Gasteiger partial charge in [-0.3, -0.25) is 9.20 Å². The summed E-state index contributed by atoms with van der Waals surface area (Å²) in [6.07, 6.45) is -3.55. The maximum absolute atomic E-state index is 12.9. The molecule has 1 amide bonds. The van der Waals surface area contributed by atoms with Crippen LogP contribution in [0.1, 0.15) is 33.0 Å². The van der Waals surface area contributed by atoms with Gasteiger partial charge >= 0.3 is 6.18 Å². The molecule has 1 aromatic carbocycles. The van der Waals surface area contributed by atoms with E-state index in [0.29, 0.717) is 5.56 Å². The van der Waals surface area contributed by atoms with Gasteiger partial charge in [-0.2, -0.15) is 13.2 Å². The zero-order chi connectivity index (χ0) is 22.0. The number of thioether (sulfide) groups is 1. The van der Waals surface area contributed by atoms with Crippen molar-refractivity contribution in [3.63, 3.8) is 0 Å². The van der Waals surface area contributed by atoms with Gasteiger partial charge in [-0.05, 0) is 36.8 Å². The van der Waals surface area contributed by atoms with Gasteiger partial charge in [0.15, 0.2) is 11.5 Å². The monoisotopic (exact) mass is 463 g/mol. The number of aromatic nitrogens is 4. The number of nitrogens with one attached hydrogen (secondary N) is 1. The summed E-state index contributed by atoms with van der Waals surface area (Å²) in [5.74, 6) is 0.599. The van der Waals surface area contributed by atoms with Crippen molar-refractivity contribution in [3.8, 4) is 0 Å². The van der Waals surface area contributed by atoms with Crippen LogP contribution in [-0.4, -0.2) is 25.5 Å². The van der Waals surface area contributed by atoms with E-state index in [1.165, 1.54) is 10.5 Å². The third kappa shape index (κ3) is 5.05. The van der Waals surface area contributed by atoms with Crippen molar-refractivity contribution in [1.29, 1.82) is 0 Å². The normalized spacial score (nSPS) is 11.7. The first-order chi connectivity index (χ1) is 14.8. The summed E-state index contributed by atoms with van der Waals surface area (Å²) in [6.45, 7) is 1.90. The quantitative estimate of drug-likeness (QED) is 0.419. The van der Waals surface area contributed by atoms with E-state index < -0.39 is 11.7 Å². The molecule has 0 radical (unpaired) electrons. The van der Waals surface area contributed by atoms with E-state index in [9.17, 15) is 18.0 Å². The van der Waals surface area contributed by atoms with E-state index in [-0.39, 0.29) is 23.9 Å². The van der Waals surface area contributed by atoms with E-state index in [4.69, 9.17) is 0 Å². The van der Waals surface area contributed by atoms with Gasteiger partial charge in [0.25, 0.3) is 5.91 Å². The molecular weight excluding hydrogens is 447 g/mol. The molecule has 3 aromatic heterocycles. The summed E-state index contributed by atoms with van der Waals surface area (Å²) in [6, 6.07) is 9.34. The number of carbonyl (C=O) groups excluding carboxylic acids is 1. The smallest absolute Gasteiger partial charge is 0.345 e. The number of fused-ring (bicyclic) bond motifs is 1. The number of benzene rings is 1. The fourth-order valence-corrected chi connectivity index (χ4v) is 4.59. The fourth-order valence-electron chi connectivity index (χ4n) is 2.78. The molecule has 0 saturated carbocycles. The van der Waals surface area contributed by atoms with E-state index in [0.717, 1.165) is 33.6 Å². The molecule has 0 fully saturated rings. The maximum atomic E-state index is 12.9. The molecule has 0 atom stereocenters. The first-order valence-electron chi connectivity index (χ1n) is 9.12. The van der Waals surface area contributed by atoms with Crippen LogP contribution < -0.4 is 5.32 Å². The highest BCUT2D eigenvalue weighted by Gasteiger charge is 2.31. The Labute approximate surface area is 183 Å². The number of amides is 1. The highest BCUT2D eigenvalue weighted by atomic mass is 32.2. The lowest BCUT2D eigenvalue weighted by Crippen LogP contribution is -2.24. The number of hydrogen-bond acceptors (Lipinski definition) is 6. The predicted molar refractivity (Wildman–Crippen MR) is 112 cm³/mol. The Balaban J connectivity index is 1.38. The van der Waals surface area contributed by atoms with E-state index >= 15 is 0 Å². The third-order valence-corrected chi connectivity index (χ3v) is 6.59. The molecule has 11 heteroatoms. The molecule has 0 aliphatic rings. The highest BCUT2D eigenvalue weighted by molar-refractivity contribution is 8.00. The topological polar surface area (TPSA) is 72.2 Å². The second-order valence-electron chi connectivity index (χ2n) is 6.68. The molecular formula is C20H16F3N5OS2. The highest BCUT2D eigenvalue weighted by Crippen LogP contribution is 2.29. The summed E-state index contributed by atoms with van der Waals surface area (Å²) < 4.78 is 41.1. The molecule has 4 rings (SSSR count). The Kier molecular flexibility index (Phi) is 5.96. The van der Waals surface area contributed by atoms with Gasteiger partial charge in [-0.1, -0.05) is 23.9 Å². The van der Waals surface area contributed by atoms with Gasteiger partial charge in [0.2, 0.25) is 0 Å². The molecule has 0 aliphatic carbocycles. The predicted octanol–water partition coefficient (Wildman–Crippen LogP) is 4.74. The van der Waals surface area contributed by atoms with E-state index in [1.54, 1.807) is 35.2 Å². The van der Waals surface area contributed by atoms with Crippen LogP contribution >= 0.6 is 23.1 Å². The molecule has 0 unspecified atom stereocenters. The molecule has 6 nitrogen and oxygen atoms in total. The number of halogens is 3. The Morgan fingerprint density at radius 3 is 2.61 bits per heavy atom. The average Bonchev–Trinajstić information content (AvgIpc) is 3.35. The van der Waals surface area contributed by atoms with Crippen LogP contribution in [0.4, 0.5) is 13.2 Å². The van der Waals surface area contributed by atoms with Gasteiger partial charge in [0.05, 0.1) is 12.1 Å². The number of carbonyl (C=O) groups is 1. The zero-order valence-corrected chi connectivity index (χ0v) is 17.8. The lowest BCUT2D eigenvalue weighted by Gasteiger charge is -2.08. The number of pyridine rings is 1. The molecule has 1 N–H and O–H groups in total. The summed E-state index contributed by atoms with van der Waals surface area (Å²) in [4.78, 5) is 16.8. The number of thiazole rings is 1. The van der Waals surface area contributed by atoms with Gasteiger partial charge in [0, 0.05) is 28.6 Å². The van der Waals surface area contributed by atoms with E-state index in [2.05, 4.69) is 20.5 Å². The standard InChI is InChI=1S/C20H16F3N5OS2/c1-12-10-30-19(25-12)31-11-13-2-4-14(5-3-13)18(29)24-8-17-27-26-16-7-6-15(9-28(16)17)20(21,22)23/h2-7,9-10H,8,11H2,1H3,(H,24,29). The SMILES string of the molecule is Cc1csc(SCc2ccc(C(=O)NCc3nnc4ccc(C(F)(F)F)cn34)cc2)n1. The van der Waals surface area contributed by atoms with E-state index in [1.807, 2.05) is 24.4 Å². The van der Waals surface area contributed by atoms with Gasteiger partial charge < -0.3 is 5.32 Å². The van der Waals surface area contributed by atoms with Crippen LogP contribution in [0.15, 0.2) is 52.3 Å². The van der Waals surface area contributed by atoms with Crippen molar-refractivity contribution < 1.29 is 18.0 Å².